The minimum Gasteiger partial charge on any atom is -0.392 e. The van der Waals surface area contributed by atoms with Gasteiger partial charge in [-0.15, -0.1) is 0 Å². The number of benzene rings is 1. The van der Waals surface area contributed by atoms with Gasteiger partial charge in [0, 0.05) is 24.3 Å². The maximum atomic E-state index is 10.5. The number of nitrogens with zero attached hydrogens (tertiary/aromatic N) is 2. The second-order valence-electron chi connectivity index (χ2n) is 3.59. The van der Waals surface area contributed by atoms with Crippen LogP contribution >= 0.6 is 12.2 Å². The summed E-state index contributed by atoms with van der Waals surface area (Å²) < 4.78 is 0. The fourth-order valence-electron chi connectivity index (χ4n) is 1.37. The molecular weight excluding hydrogens is 252 g/mol. The van der Waals surface area contributed by atoms with Crippen LogP contribution in [-0.2, 0) is 6.42 Å². The third-order valence-electron chi connectivity index (χ3n) is 2.30. The van der Waals surface area contributed by atoms with Crippen LogP contribution in [0.2, 0.25) is 0 Å². The largest absolute Gasteiger partial charge is 0.392 e. The van der Waals surface area contributed by atoms with Gasteiger partial charge in [0.25, 0.3) is 5.69 Å². The number of nitro benzene ring substituents is 1. The van der Waals surface area contributed by atoms with Gasteiger partial charge in [-0.25, -0.2) is 0 Å². The van der Waals surface area contributed by atoms with E-state index < -0.39 is 10.8 Å². The molecule has 0 aromatic heterocycles. The van der Waals surface area contributed by atoms with Crippen molar-refractivity contribution in [2.24, 2.45) is 11.7 Å². The van der Waals surface area contributed by atoms with E-state index in [9.17, 15) is 10.1 Å². The quantitative estimate of drug-likeness (QED) is 0.361. The first-order valence-corrected chi connectivity index (χ1v) is 5.36. The molecule has 6 nitrogen and oxygen atoms in total. The third-order valence-corrected chi connectivity index (χ3v) is 2.54. The maximum Gasteiger partial charge on any atom is 0.269 e. The van der Waals surface area contributed by atoms with Crippen molar-refractivity contribution in [3.05, 3.63) is 39.9 Å². The smallest absolute Gasteiger partial charge is 0.269 e. The SMILES string of the molecule is N#CC(C(=N)Cc1ccc([N+](=O)[O-])cc1)C(N)=S. The van der Waals surface area contributed by atoms with E-state index in [1.807, 2.05) is 6.07 Å². The first-order valence-electron chi connectivity index (χ1n) is 4.95. The Bertz CT molecular complexity index is 533. The van der Waals surface area contributed by atoms with E-state index in [1.54, 1.807) is 12.1 Å². The molecule has 92 valence electrons. The van der Waals surface area contributed by atoms with Crippen molar-refractivity contribution in [3.63, 3.8) is 0 Å². The molecule has 0 radical (unpaired) electrons. The Hall–Kier alpha value is -2.33. The van der Waals surface area contributed by atoms with E-state index in [-0.39, 0.29) is 22.8 Å². The standard InChI is InChI=1S/C11H10N4O2S/c12-6-9(11(14)18)10(13)5-7-1-3-8(4-2-7)15(16)17/h1-4,9,13H,5H2,(H2,14,18). The van der Waals surface area contributed by atoms with Gasteiger partial charge in [0.2, 0.25) is 0 Å². The molecule has 0 saturated carbocycles. The monoisotopic (exact) mass is 262 g/mol. The number of nitriles is 1. The van der Waals surface area contributed by atoms with Gasteiger partial charge in [-0.05, 0) is 5.56 Å². The lowest BCUT2D eigenvalue weighted by atomic mass is 9.98. The van der Waals surface area contributed by atoms with Gasteiger partial charge in [-0.3, -0.25) is 10.1 Å². The number of nitrogens with one attached hydrogen (secondary N) is 1. The van der Waals surface area contributed by atoms with Gasteiger partial charge in [-0.2, -0.15) is 5.26 Å². The second kappa shape index (κ2) is 5.84. The molecule has 0 amide bonds. The second-order valence-corrected chi connectivity index (χ2v) is 4.06. The van der Waals surface area contributed by atoms with E-state index in [4.69, 9.17) is 16.4 Å². The molecule has 1 unspecified atom stereocenters. The Balaban J connectivity index is 2.80. The zero-order valence-corrected chi connectivity index (χ0v) is 10.1. The van der Waals surface area contributed by atoms with Crippen molar-refractivity contribution in [3.8, 4) is 6.07 Å². The van der Waals surface area contributed by atoms with Crippen LogP contribution in [-0.4, -0.2) is 15.6 Å². The van der Waals surface area contributed by atoms with E-state index >= 15 is 0 Å². The van der Waals surface area contributed by atoms with Crippen LogP contribution < -0.4 is 5.73 Å². The molecule has 1 atom stereocenters. The number of thiocarbonyl (C=S) groups is 1. The van der Waals surface area contributed by atoms with Crippen LogP contribution in [0.5, 0.6) is 0 Å². The molecule has 0 aliphatic carbocycles. The maximum absolute atomic E-state index is 10.5. The van der Waals surface area contributed by atoms with Gasteiger partial charge >= 0.3 is 0 Å². The number of hydrogen-bond acceptors (Lipinski definition) is 5. The van der Waals surface area contributed by atoms with E-state index in [1.165, 1.54) is 12.1 Å². The summed E-state index contributed by atoms with van der Waals surface area (Å²) >= 11 is 4.69. The van der Waals surface area contributed by atoms with Crippen LogP contribution in [0.4, 0.5) is 5.69 Å². The average Bonchev–Trinajstić information content (AvgIpc) is 2.29. The highest BCUT2D eigenvalue weighted by Crippen LogP contribution is 2.14. The molecule has 18 heavy (non-hydrogen) atoms. The summed E-state index contributed by atoms with van der Waals surface area (Å²) in [4.78, 5) is 9.93. The topological polar surface area (TPSA) is 117 Å². The number of hydrogen-bond donors (Lipinski definition) is 2. The predicted molar refractivity (Wildman–Crippen MR) is 70.4 cm³/mol. The van der Waals surface area contributed by atoms with Crippen molar-refractivity contribution >= 4 is 28.6 Å². The Labute approximate surface area is 109 Å². The third kappa shape index (κ3) is 3.33. The van der Waals surface area contributed by atoms with Crippen LogP contribution in [0.25, 0.3) is 0 Å². The predicted octanol–water partition coefficient (Wildman–Crippen LogP) is 1.58. The summed E-state index contributed by atoms with van der Waals surface area (Å²) in [7, 11) is 0. The first kappa shape index (κ1) is 13.7. The van der Waals surface area contributed by atoms with Crippen LogP contribution in [0.15, 0.2) is 24.3 Å². The highest BCUT2D eigenvalue weighted by atomic mass is 32.1. The average molecular weight is 262 g/mol. The van der Waals surface area contributed by atoms with Crippen molar-refractivity contribution in [1.29, 1.82) is 10.7 Å². The van der Waals surface area contributed by atoms with Crippen LogP contribution in [0.1, 0.15) is 5.56 Å². The van der Waals surface area contributed by atoms with Crippen molar-refractivity contribution in [2.75, 3.05) is 0 Å². The van der Waals surface area contributed by atoms with Crippen molar-refractivity contribution < 1.29 is 4.92 Å². The highest BCUT2D eigenvalue weighted by Gasteiger charge is 2.17. The van der Waals surface area contributed by atoms with Gasteiger partial charge in [0.1, 0.15) is 5.92 Å². The summed E-state index contributed by atoms with van der Waals surface area (Å²) in [5, 5.41) is 27.0. The fraction of sp³-hybridized carbons (Fsp3) is 0.182. The Kier molecular flexibility index (Phi) is 4.45. The summed E-state index contributed by atoms with van der Waals surface area (Å²) in [5.41, 5.74) is 6.11. The summed E-state index contributed by atoms with van der Waals surface area (Å²) in [5.74, 6) is -0.893. The molecule has 0 spiro atoms. The molecule has 0 aliphatic rings. The molecule has 1 aromatic rings. The Morgan fingerprint density at radius 1 is 1.56 bits per heavy atom. The summed E-state index contributed by atoms with van der Waals surface area (Å²) in [6, 6.07) is 7.64. The molecule has 0 aliphatic heterocycles. The van der Waals surface area contributed by atoms with Gasteiger partial charge in [-0.1, -0.05) is 24.4 Å². The number of non-ortho nitro benzene ring substituents is 1. The molecular formula is C11H10N4O2S. The Morgan fingerprint density at radius 2 is 2.11 bits per heavy atom. The molecule has 7 heteroatoms. The lowest BCUT2D eigenvalue weighted by molar-refractivity contribution is -0.384. The summed E-state index contributed by atoms with van der Waals surface area (Å²) in [6.07, 6.45) is 0.188. The molecule has 1 rings (SSSR count). The summed E-state index contributed by atoms with van der Waals surface area (Å²) in [6.45, 7) is 0. The van der Waals surface area contributed by atoms with Crippen LogP contribution in [0.3, 0.4) is 0 Å². The van der Waals surface area contributed by atoms with Crippen molar-refractivity contribution in [1.82, 2.24) is 0 Å². The first-order chi connectivity index (χ1) is 8.45. The lowest BCUT2D eigenvalue weighted by Gasteiger charge is -2.08. The molecule has 1 aromatic carbocycles. The van der Waals surface area contributed by atoms with Gasteiger partial charge in [0.15, 0.2) is 0 Å². The number of rotatable bonds is 5. The minimum atomic E-state index is -0.893. The molecule has 0 bridgehead atoms. The zero-order valence-electron chi connectivity index (χ0n) is 9.29. The molecule has 0 saturated heterocycles. The number of nitrogens with two attached hydrogens (primary N) is 1. The Morgan fingerprint density at radius 3 is 2.50 bits per heavy atom. The molecule has 3 N–H and O–H groups in total. The molecule has 0 fully saturated rings. The van der Waals surface area contributed by atoms with E-state index in [0.717, 1.165) is 0 Å². The van der Waals surface area contributed by atoms with Gasteiger partial charge in [0.05, 0.1) is 16.0 Å². The lowest BCUT2D eigenvalue weighted by Crippen LogP contribution is -2.28. The molecule has 0 heterocycles. The van der Waals surface area contributed by atoms with E-state index in [0.29, 0.717) is 5.56 Å². The van der Waals surface area contributed by atoms with E-state index in [2.05, 4.69) is 12.2 Å². The minimum absolute atomic E-state index is 0.0172. The van der Waals surface area contributed by atoms with Crippen molar-refractivity contribution in [2.45, 2.75) is 6.42 Å². The number of nitro groups is 1. The van der Waals surface area contributed by atoms with Gasteiger partial charge < -0.3 is 11.1 Å². The zero-order chi connectivity index (χ0) is 13.7. The fourth-order valence-corrected chi connectivity index (χ4v) is 1.57. The highest BCUT2D eigenvalue weighted by molar-refractivity contribution is 7.80. The normalized spacial score (nSPS) is 11.3. The van der Waals surface area contributed by atoms with Crippen LogP contribution in [0, 0.1) is 32.8 Å².